The van der Waals surface area contributed by atoms with E-state index in [0.29, 0.717) is 0 Å². The number of methoxy groups -OCH3 is 1. The number of pyridine rings is 1. The van der Waals surface area contributed by atoms with Gasteiger partial charge >= 0.3 is 0 Å². The first-order valence-electron chi connectivity index (χ1n) is 5.08. The fraction of sp³-hybridized carbons (Fsp3) is 0.0769. The summed E-state index contributed by atoms with van der Waals surface area (Å²) in [6, 6.07) is 10.1. The van der Waals surface area contributed by atoms with Gasteiger partial charge in [-0.05, 0) is 36.4 Å². The van der Waals surface area contributed by atoms with E-state index in [1.165, 1.54) is 18.5 Å². The third-order valence-corrected chi connectivity index (χ3v) is 2.20. The molecule has 0 atom stereocenters. The predicted molar refractivity (Wildman–Crippen MR) is 64.4 cm³/mol. The molecule has 0 saturated heterocycles. The van der Waals surface area contributed by atoms with E-state index in [2.05, 4.69) is 9.98 Å². The molecule has 86 valence electrons. The number of benzene rings is 1. The van der Waals surface area contributed by atoms with Gasteiger partial charge in [-0.25, -0.2) is 4.39 Å². The van der Waals surface area contributed by atoms with Crippen molar-refractivity contribution in [3.8, 4) is 5.75 Å². The lowest BCUT2D eigenvalue weighted by molar-refractivity contribution is 0.415. The maximum absolute atomic E-state index is 13.2. The molecular weight excluding hydrogens is 219 g/mol. The molecule has 0 unspecified atom stereocenters. The molecule has 4 heteroatoms. The van der Waals surface area contributed by atoms with E-state index in [4.69, 9.17) is 4.74 Å². The van der Waals surface area contributed by atoms with Crippen LogP contribution in [0.1, 0.15) is 5.69 Å². The molecule has 0 radical (unpaired) electrons. The zero-order chi connectivity index (χ0) is 12.1. The number of halogens is 1. The van der Waals surface area contributed by atoms with Crippen LogP contribution in [0.15, 0.2) is 47.6 Å². The Hall–Kier alpha value is -2.23. The van der Waals surface area contributed by atoms with Gasteiger partial charge in [0.2, 0.25) is 0 Å². The van der Waals surface area contributed by atoms with Gasteiger partial charge in [-0.2, -0.15) is 0 Å². The lowest BCUT2D eigenvalue weighted by atomic mass is 10.3. The van der Waals surface area contributed by atoms with Crippen LogP contribution in [0.3, 0.4) is 0 Å². The van der Waals surface area contributed by atoms with E-state index in [0.717, 1.165) is 11.4 Å². The van der Waals surface area contributed by atoms with Crippen LogP contribution >= 0.6 is 0 Å². The minimum absolute atomic E-state index is 0.225. The number of hydrogen-bond donors (Lipinski definition) is 0. The highest BCUT2D eigenvalue weighted by Crippen LogP contribution is 2.17. The van der Waals surface area contributed by atoms with Crippen molar-refractivity contribution in [2.75, 3.05) is 7.11 Å². The van der Waals surface area contributed by atoms with Crippen LogP contribution in [0.4, 0.5) is 10.1 Å². The molecule has 2 aromatic rings. The first-order valence-corrected chi connectivity index (χ1v) is 5.08. The minimum Gasteiger partial charge on any atom is -0.497 e. The van der Waals surface area contributed by atoms with Gasteiger partial charge in [0.1, 0.15) is 17.3 Å². The van der Waals surface area contributed by atoms with E-state index >= 15 is 0 Å². The summed E-state index contributed by atoms with van der Waals surface area (Å²) in [5.41, 5.74) is 0.944. The Labute approximate surface area is 98.6 Å². The van der Waals surface area contributed by atoms with Gasteiger partial charge in [0.05, 0.1) is 19.0 Å². The maximum atomic E-state index is 13.2. The van der Waals surface area contributed by atoms with Crippen molar-refractivity contribution in [1.29, 1.82) is 0 Å². The summed E-state index contributed by atoms with van der Waals surface area (Å²) < 4.78 is 18.3. The minimum atomic E-state index is -0.384. The Morgan fingerprint density at radius 2 is 2.00 bits per heavy atom. The second-order valence-electron chi connectivity index (χ2n) is 3.33. The monoisotopic (exact) mass is 230 g/mol. The second kappa shape index (κ2) is 5.21. The third kappa shape index (κ3) is 2.87. The normalized spacial score (nSPS) is 10.7. The molecule has 0 aliphatic carbocycles. The van der Waals surface area contributed by atoms with Crippen molar-refractivity contribution in [2.45, 2.75) is 0 Å². The van der Waals surface area contributed by atoms with Gasteiger partial charge in [-0.3, -0.25) is 9.98 Å². The maximum Gasteiger partial charge on any atom is 0.150 e. The number of rotatable bonds is 3. The number of hydrogen-bond acceptors (Lipinski definition) is 3. The molecule has 0 N–H and O–H groups in total. The number of nitrogens with zero attached hydrogens (tertiary/aromatic N) is 2. The highest BCUT2D eigenvalue weighted by atomic mass is 19.1. The Bertz CT molecular complexity index is 523. The quantitative estimate of drug-likeness (QED) is 0.760. The largest absolute Gasteiger partial charge is 0.497 e. The van der Waals surface area contributed by atoms with Gasteiger partial charge in [0.15, 0.2) is 0 Å². The predicted octanol–water partition coefficient (Wildman–Crippen LogP) is 2.98. The van der Waals surface area contributed by atoms with E-state index in [-0.39, 0.29) is 11.5 Å². The van der Waals surface area contributed by atoms with Crippen LogP contribution in [0, 0.1) is 5.82 Å². The molecule has 0 amide bonds. The average molecular weight is 230 g/mol. The lowest BCUT2D eigenvalue weighted by Gasteiger charge is -1.99. The summed E-state index contributed by atoms with van der Waals surface area (Å²) >= 11 is 0. The summed E-state index contributed by atoms with van der Waals surface area (Å²) in [6.07, 6.45) is 2.93. The molecular formula is C13H11FN2O. The highest BCUT2D eigenvalue weighted by molar-refractivity contribution is 5.79. The fourth-order valence-electron chi connectivity index (χ4n) is 1.30. The van der Waals surface area contributed by atoms with Gasteiger partial charge in [0, 0.05) is 6.20 Å². The van der Waals surface area contributed by atoms with Gasteiger partial charge in [-0.1, -0.05) is 0 Å². The van der Waals surface area contributed by atoms with Crippen LogP contribution in [0.2, 0.25) is 0 Å². The zero-order valence-corrected chi connectivity index (χ0v) is 9.30. The Morgan fingerprint density at radius 3 is 2.65 bits per heavy atom. The topological polar surface area (TPSA) is 34.5 Å². The third-order valence-electron chi connectivity index (χ3n) is 2.20. The summed E-state index contributed by atoms with van der Waals surface area (Å²) in [7, 11) is 1.60. The molecule has 0 saturated carbocycles. The number of ether oxygens (including phenoxy) is 1. The van der Waals surface area contributed by atoms with Crippen molar-refractivity contribution in [3.05, 3.63) is 54.1 Å². The van der Waals surface area contributed by atoms with Crippen LogP contribution in [0.5, 0.6) is 5.75 Å². The smallest absolute Gasteiger partial charge is 0.150 e. The molecule has 0 aliphatic rings. The van der Waals surface area contributed by atoms with Gasteiger partial charge < -0.3 is 4.74 Å². The van der Waals surface area contributed by atoms with Crippen molar-refractivity contribution in [1.82, 2.24) is 4.98 Å². The summed E-state index contributed by atoms with van der Waals surface area (Å²) in [5.74, 6) is 0.373. The van der Waals surface area contributed by atoms with Crippen LogP contribution in [0.25, 0.3) is 0 Å². The molecule has 17 heavy (non-hydrogen) atoms. The van der Waals surface area contributed by atoms with E-state index in [1.807, 2.05) is 0 Å². The first-order chi connectivity index (χ1) is 8.29. The second-order valence-corrected chi connectivity index (χ2v) is 3.33. The SMILES string of the molecule is COc1ccc(/N=C/c2ncccc2F)cc1. The van der Waals surface area contributed by atoms with Crippen molar-refractivity contribution >= 4 is 11.9 Å². The Kier molecular flexibility index (Phi) is 3.45. The van der Waals surface area contributed by atoms with E-state index < -0.39 is 0 Å². The van der Waals surface area contributed by atoms with Gasteiger partial charge in [-0.15, -0.1) is 0 Å². The zero-order valence-electron chi connectivity index (χ0n) is 9.30. The van der Waals surface area contributed by atoms with Crippen molar-refractivity contribution < 1.29 is 9.13 Å². The first kappa shape index (κ1) is 11.3. The standard InChI is InChI=1S/C13H11FN2O/c1-17-11-6-4-10(5-7-11)16-9-13-12(14)3-2-8-15-13/h2-9H,1H3/b16-9+. The van der Waals surface area contributed by atoms with Gasteiger partial charge in [0.25, 0.3) is 0 Å². The van der Waals surface area contributed by atoms with E-state index in [1.54, 1.807) is 37.4 Å². The average Bonchev–Trinajstić information content (AvgIpc) is 2.38. The summed E-state index contributed by atoms with van der Waals surface area (Å²) in [5, 5.41) is 0. The molecule has 0 spiro atoms. The molecule has 0 fully saturated rings. The molecule has 0 aliphatic heterocycles. The molecule has 2 rings (SSSR count). The van der Waals surface area contributed by atoms with E-state index in [9.17, 15) is 4.39 Å². The Morgan fingerprint density at radius 1 is 1.24 bits per heavy atom. The number of aliphatic imine (C=N–C) groups is 1. The highest BCUT2D eigenvalue weighted by Gasteiger charge is 1.98. The molecule has 0 bridgehead atoms. The Balaban J connectivity index is 2.17. The molecule has 1 heterocycles. The fourth-order valence-corrected chi connectivity index (χ4v) is 1.30. The van der Waals surface area contributed by atoms with Crippen molar-refractivity contribution in [3.63, 3.8) is 0 Å². The lowest BCUT2D eigenvalue weighted by Crippen LogP contribution is -1.91. The van der Waals surface area contributed by atoms with Crippen LogP contribution in [-0.2, 0) is 0 Å². The molecule has 3 nitrogen and oxygen atoms in total. The van der Waals surface area contributed by atoms with Crippen LogP contribution in [-0.4, -0.2) is 18.3 Å². The summed E-state index contributed by atoms with van der Waals surface area (Å²) in [4.78, 5) is 8.01. The summed E-state index contributed by atoms with van der Waals surface area (Å²) in [6.45, 7) is 0. The van der Waals surface area contributed by atoms with Crippen LogP contribution < -0.4 is 4.74 Å². The molecule has 1 aromatic heterocycles. The number of aromatic nitrogens is 1. The molecule has 1 aromatic carbocycles. The van der Waals surface area contributed by atoms with Crippen molar-refractivity contribution in [2.24, 2.45) is 4.99 Å².